The first kappa shape index (κ1) is 14.2. The van der Waals surface area contributed by atoms with Crippen LogP contribution in [0.3, 0.4) is 0 Å². The van der Waals surface area contributed by atoms with Crippen molar-refractivity contribution in [3.05, 3.63) is 59.4 Å². The molecule has 0 bridgehead atoms. The van der Waals surface area contributed by atoms with Gasteiger partial charge in [-0.25, -0.2) is 0 Å². The molecule has 0 aliphatic rings. The summed E-state index contributed by atoms with van der Waals surface area (Å²) >= 11 is 11.0. The Hall–Kier alpha value is -2.18. The second kappa shape index (κ2) is 6.83. The van der Waals surface area contributed by atoms with Crippen molar-refractivity contribution in [2.24, 2.45) is 0 Å². The molecule has 1 aromatic heterocycles. The average Bonchev–Trinajstić information content (AvgIpc) is 2.48. The lowest BCUT2D eigenvalue weighted by Gasteiger charge is -2.12. The van der Waals surface area contributed by atoms with E-state index in [2.05, 4.69) is 21.2 Å². The van der Waals surface area contributed by atoms with Gasteiger partial charge in [0.2, 0.25) is 0 Å². The van der Waals surface area contributed by atoms with Crippen molar-refractivity contribution in [2.45, 2.75) is 0 Å². The third kappa shape index (κ3) is 3.91. The molecule has 0 unspecified atom stereocenters. The molecular weight excluding hydrogens is 296 g/mol. The van der Waals surface area contributed by atoms with Crippen LogP contribution in [-0.2, 0) is 0 Å². The van der Waals surface area contributed by atoms with E-state index < -0.39 is 0 Å². The number of carbonyl (C=O) groups excluding carboxylic acids is 1. The molecule has 0 atom stereocenters. The van der Waals surface area contributed by atoms with E-state index in [1.54, 1.807) is 30.5 Å². The van der Waals surface area contributed by atoms with Crippen LogP contribution in [0.15, 0.2) is 48.8 Å². The number of para-hydroxylation sites is 1. The van der Waals surface area contributed by atoms with Gasteiger partial charge < -0.3 is 5.32 Å². The fraction of sp³-hybridized carbons (Fsp3) is 0. The molecule has 0 radical (unpaired) electrons. The smallest absolute Gasteiger partial charge is 0.271 e. The number of anilines is 1. The lowest BCUT2D eigenvalue weighted by atomic mass is 10.3. The number of hydrazine groups is 1. The Bertz CT molecular complexity index is 621. The van der Waals surface area contributed by atoms with Crippen LogP contribution in [0.5, 0.6) is 0 Å². The second-order valence-corrected chi connectivity index (χ2v) is 4.57. The SMILES string of the molecule is O=C(NNC(=S)Nc1ccccc1Cl)c1cccnc1. The van der Waals surface area contributed by atoms with E-state index in [0.717, 1.165) is 0 Å². The minimum atomic E-state index is -0.332. The fourth-order valence-electron chi connectivity index (χ4n) is 1.40. The standard InChI is InChI=1S/C13H11ClN4OS/c14-10-5-1-2-6-11(10)16-13(20)18-17-12(19)9-4-3-7-15-8-9/h1-8H,(H,17,19)(H2,16,18,20). The normalized spacial score (nSPS) is 9.65. The molecule has 0 saturated heterocycles. The van der Waals surface area contributed by atoms with Crippen LogP contribution in [0, 0.1) is 0 Å². The Morgan fingerprint density at radius 1 is 1.15 bits per heavy atom. The third-order valence-corrected chi connectivity index (χ3v) is 2.87. The highest BCUT2D eigenvalue weighted by atomic mass is 35.5. The summed E-state index contributed by atoms with van der Waals surface area (Å²) in [5.41, 5.74) is 6.14. The minimum Gasteiger partial charge on any atom is -0.330 e. The van der Waals surface area contributed by atoms with Gasteiger partial charge in [-0.2, -0.15) is 0 Å². The van der Waals surface area contributed by atoms with Crippen molar-refractivity contribution in [3.8, 4) is 0 Å². The highest BCUT2D eigenvalue weighted by molar-refractivity contribution is 7.80. The Balaban J connectivity index is 1.87. The van der Waals surface area contributed by atoms with E-state index in [-0.39, 0.29) is 11.0 Å². The Morgan fingerprint density at radius 3 is 2.65 bits per heavy atom. The number of amides is 1. The molecule has 7 heteroatoms. The molecule has 0 saturated carbocycles. The zero-order chi connectivity index (χ0) is 14.4. The van der Waals surface area contributed by atoms with Crippen molar-refractivity contribution < 1.29 is 4.79 Å². The van der Waals surface area contributed by atoms with E-state index in [1.807, 2.05) is 12.1 Å². The van der Waals surface area contributed by atoms with E-state index in [4.69, 9.17) is 23.8 Å². The predicted molar refractivity (Wildman–Crippen MR) is 82.5 cm³/mol. The number of benzene rings is 1. The summed E-state index contributed by atoms with van der Waals surface area (Å²) in [6, 6.07) is 10.5. The number of halogens is 1. The number of nitrogens with zero attached hydrogens (tertiary/aromatic N) is 1. The van der Waals surface area contributed by atoms with Gasteiger partial charge in [-0.1, -0.05) is 23.7 Å². The number of thiocarbonyl (C=S) groups is 1. The molecular formula is C13H11ClN4OS. The maximum atomic E-state index is 11.7. The summed E-state index contributed by atoms with van der Waals surface area (Å²) in [6.45, 7) is 0. The molecule has 0 aliphatic carbocycles. The molecule has 0 spiro atoms. The predicted octanol–water partition coefficient (Wildman–Crippen LogP) is 2.37. The molecule has 102 valence electrons. The van der Waals surface area contributed by atoms with Gasteiger partial charge in [0.15, 0.2) is 5.11 Å². The number of nitrogens with one attached hydrogen (secondary N) is 3. The summed E-state index contributed by atoms with van der Waals surface area (Å²) in [6.07, 6.45) is 3.05. The van der Waals surface area contributed by atoms with Crippen LogP contribution < -0.4 is 16.2 Å². The molecule has 2 aromatic rings. The van der Waals surface area contributed by atoms with Gasteiger partial charge in [0, 0.05) is 12.4 Å². The summed E-state index contributed by atoms with van der Waals surface area (Å²) in [5.74, 6) is -0.332. The lowest BCUT2D eigenvalue weighted by Crippen LogP contribution is -2.43. The maximum Gasteiger partial charge on any atom is 0.271 e. The third-order valence-electron chi connectivity index (χ3n) is 2.34. The van der Waals surface area contributed by atoms with Gasteiger partial charge in [-0.15, -0.1) is 0 Å². The van der Waals surface area contributed by atoms with Crippen molar-refractivity contribution >= 4 is 40.5 Å². The van der Waals surface area contributed by atoms with Crippen molar-refractivity contribution in [1.82, 2.24) is 15.8 Å². The van der Waals surface area contributed by atoms with E-state index in [9.17, 15) is 4.79 Å². The van der Waals surface area contributed by atoms with Crippen LogP contribution in [0.2, 0.25) is 5.02 Å². The molecule has 0 aliphatic heterocycles. The van der Waals surface area contributed by atoms with E-state index in [0.29, 0.717) is 16.3 Å². The molecule has 20 heavy (non-hydrogen) atoms. The quantitative estimate of drug-likeness (QED) is 0.587. The van der Waals surface area contributed by atoms with Crippen molar-refractivity contribution in [2.75, 3.05) is 5.32 Å². The van der Waals surface area contributed by atoms with Gasteiger partial charge in [0.05, 0.1) is 16.3 Å². The Morgan fingerprint density at radius 2 is 1.95 bits per heavy atom. The molecule has 1 aromatic carbocycles. The minimum absolute atomic E-state index is 0.232. The monoisotopic (exact) mass is 306 g/mol. The molecule has 1 heterocycles. The van der Waals surface area contributed by atoms with Crippen LogP contribution >= 0.6 is 23.8 Å². The number of carbonyl (C=O) groups is 1. The van der Waals surface area contributed by atoms with Gasteiger partial charge in [0.25, 0.3) is 5.91 Å². The van der Waals surface area contributed by atoms with Crippen molar-refractivity contribution in [3.63, 3.8) is 0 Å². The van der Waals surface area contributed by atoms with Crippen molar-refractivity contribution in [1.29, 1.82) is 0 Å². The summed E-state index contributed by atoms with van der Waals surface area (Å²) < 4.78 is 0. The summed E-state index contributed by atoms with van der Waals surface area (Å²) in [5, 5.41) is 3.64. The first-order valence-electron chi connectivity index (χ1n) is 5.68. The number of rotatable bonds is 2. The van der Waals surface area contributed by atoms with Crippen LogP contribution in [0.1, 0.15) is 10.4 Å². The molecule has 1 amide bonds. The first-order chi connectivity index (χ1) is 9.66. The van der Waals surface area contributed by atoms with Crippen LogP contribution in [-0.4, -0.2) is 16.0 Å². The fourth-order valence-corrected chi connectivity index (χ4v) is 1.74. The highest BCUT2D eigenvalue weighted by Gasteiger charge is 2.06. The Labute approximate surface area is 126 Å². The zero-order valence-electron chi connectivity index (χ0n) is 10.3. The Kier molecular flexibility index (Phi) is 4.86. The van der Waals surface area contributed by atoms with Crippen LogP contribution in [0.25, 0.3) is 0 Å². The van der Waals surface area contributed by atoms with E-state index >= 15 is 0 Å². The summed E-state index contributed by atoms with van der Waals surface area (Å²) in [7, 11) is 0. The highest BCUT2D eigenvalue weighted by Crippen LogP contribution is 2.19. The van der Waals surface area contributed by atoms with Crippen LogP contribution in [0.4, 0.5) is 5.69 Å². The number of hydrogen-bond donors (Lipinski definition) is 3. The first-order valence-corrected chi connectivity index (χ1v) is 6.47. The zero-order valence-corrected chi connectivity index (χ0v) is 11.8. The van der Waals surface area contributed by atoms with Gasteiger partial charge >= 0.3 is 0 Å². The van der Waals surface area contributed by atoms with Gasteiger partial charge in [-0.05, 0) is 36.5 Å². The topological polar surface area (TPSA) is 66.1 Å². The molecule has 3 N–H and O–H groups in total. The largest absolute Gasteiger partial charge is 0.330 e. The summed E-state index contributed by atoms with van der Waals surface area (Å²) in [4.78, 5) is 15.6. The van der Waals surface area contributed by atoms with Gasteiger partial charge in [-0.3, -0.25) is 20.6 Å². The number of pyridine rings is 1. The lowest BCUT2D eigenvalue weighted by molar-refractivity contribution is 0.0944. The molecule has 5 nitrogen and oxygen atoms in total. The maximum absolute atomic E-state index is 11.7. The number of hydrogen-bond acceptors (Lipinski definition) is 3. The average molecular weight is 307 g/mol. The van der Waals surface area contributed by atoms with Gasteiger partial charge in [0.1, 0.15) is 0 Å². The molecule has 0 fully saturated rings. The molecule has 2 rings (SSSR count). The second-order valence-electron chi connectivity index (χ2n) is 3.75. The number of aromatic nitrogens is 1. The van der Waals surface area contributed by atoms with E-state index in [1.165, 1.54) is 6.20 Å².